The summed E-state index contributed by atoms with van der Waals surface area (Å²) in [4.78, 5) is 24.4. The fourth-order valence-corrected chi connectivity index (χ4v) is 2.97. The van der Waals surface area contributed by atoms with Crippen LogP contribution in [0.5, 0.6) is 0 Å². The van der Waals surface area contributed by atoms with Gasteiger partial charge in [-0.05, 0) is 57.2 Å². The van der Waals surface area contributed by atoms with Crippen LogP contribution in [0.25, 0.3) is 0 Å². The maximum absolute atomic E-state index is 11.9. The highest BCUT2D eigenvalue weighted by molar-refractivity contribution is 7.99. The molecule has 1 amide bonds. The van der Waals surface area contributed by atoms with E-state index in [1.54, 1.807) is 43.5 Å². The number of amides is 1. The summed E-state index contributed by atoms with van der Waals surface area (Å²) in [6, 6.07) is 5.09. The number of nitrogens with zero attached hydrogens (tertiary/aromatic N) is 2. The van der Waals surface area contributed by atoms with Gasteiger partial charge in [0, 0.05) is 22.8 Å². The third-order valence-corrected chi connectivity index (χ3v) is 4.10. The Balaban J connectivity index is 2.19. The van der Waals surface area contributed by atoms with Gasteiger partial charge in [0.2, 0.25) is 0 Å². The first-order chi connectivity index (χ1) is 11.7. The molecule has 0 radical (unpaired) electrons. The molecule has 0 unspecified atom stereocenters. The molecular formula is C16H23N5O3S. The SMILES string of the molecule is CCCn1c(Sc2cc(NC(=O)OC(C)(C)C)ccc2N)n[nH]c1=O. The summed E-state index contributed by atoms with van der Waals surface area (Å²) in [6.07, 6.45) is 0.263. The molecular weight excluding hydrogens is 342 g/mol. The number of ether oxygens (including phenoxy) is 1. The predicted molar refractivity (Wildman–Crippen MR) is 98.0 cm³/mol. The van der Waals surface area contributed by atoms with E-state index in [0.29, 0.717) is 28.0 Å². The van der Waals surface area contributed by atoms with Gasteiger partial charge >= 0.3 is 11.8 Å². The van der Waals surface area contributed by atoms with E-state index in [4.69, 9.17) is 10.5 Å². The third kappa shape index (κ3) is 5.28. The van der Waals surface area contributed by atoms with Crippen molar-refractivity contribution in [3.8, 4) is 0 Å². The molecule has 0 bridgehead atoms. The molecule has 25 heavy (non-hydrogen) atoms. The van der Waals surface area contributed by atoms with Gasteiger partial charge in [-0.2, -0.15) is 0 Å². The van der Waals surface area contributed by atoms with E-state index >= 15 is 0 Å². The lowest BCUT2D eigenvalue weighted by atomic mass is 10.2. The first kappa shape index (κ1) is 18.9. The summed E-state index contributed by atoms with van der Waals surface area (Å²) in [5.41, 5.74) is 6.24. The van der Waals surface area contributed by atoms with Crippen molar-refractivity contribution in [2.45, 2.75) is 56.3 Å². The van der Waals surface area contributed by atoms with Crippen molar-refractivity contribution in [3.63, 3.8) is 0 Å². The number of nitrogen functional groups attached to an aromatic ring is 1. The Kier molecular flexibility index (Phi) is 5.78. The molecule has 1 aromatic carbocycles. The zero-order chi connectivity index (χ0) is 18.6. The van der Waals surface area contributed by atoms with Gasteiger partial charge in [0.15, 0.2) is 5.16 Å². The number of hydrogen-bond acceptors (Lipinski definition) is 6. The molecule has 8 nitrogen and oxygen atoms in total. The van der Waals surface area contributed by atoms with Gasteiger partial charge in [-0.25, -0.2) is 14.7 Å². The molecule has 0 atom stereocenters. The second kappa shape index (κ2) is 7.64. The second-order valence-electron chi connectivity index (χ2n) is 6.44. The van der Waals surface area contributed by atoms with Crippen LogP contribution >= 0.6 is 11.8 Å². The first-order valence-corrected chi connectivity index (χ1v) is 8.74. The van der Waals surface area contributed by atoms with Gasteiger partial charge in [0.1, 0.15) is 5.60 Å². The van der Waals surface area contributed by atoms with Gasteiger partial charge in [0.05, 0.1) is 0 Å². The number of carbonyl (C=O) groups excluding carboxylic acids is 1. The minimum absolute atomic E-state index is 0.258. The Morgan fingerprint density at radius 3 is 2.80 bits per heavy atom. The van der Waals surface area contributed by atoms with Crippen molar-refractivity contribution in [2.75, 3.05) is 11.1 Å². The molecule has 0 saturated heterocycles. The maximum atomic E-state index is 11.9. The second-order valence-corrected chi connectivity index (χ2v) is 7.45. The number of nitrogens with one attached hydrogen (secondary N) is 2. The Morgan fingerprint density at radius 1 is 1.44 bits per heavy atom. The lowest BCUT2D eigenvalue weighted by Crippen LogP contribution is -2.27. The normalized spacial score (nSPS) is 11.4. The zero-order valence-electron chi connectivity index (χ0n) is 14.8. The lowest BCUT2D eigenvalue weighted by molar-refractivity contribution is 0.0636. The molecule has 2 rings (SSSR count). The van der Waals surface area contributed by atoms with Gasteiger partial charge in [-0.1, -0.05) is 6.92 Å². The highest BCUT2D eigenvalue weighted by Gasteiger charge is 2.17. The number of hydrogen-bond donors (Lipinski definition) is 3. The number of anilines is 2. The van der Waals surface area contributed by atoms with Crippen LogP contribution in [0.1, 0.15) is 34.1 Å². The number of rotatable bonds is 5. The molecule has 0 fully saturated rings. The number of carbonyl (C=O) groups is 1. The molecule has 136 valence electrons. The van der Waals surface area contributed by atoms with Crippen molar-refractivity contribution >= 4 is 29.2 Å². The monoisotopic (exact) mass is 365 g/mol. The van der Waals surface area contributed by atoms with E-state index in [1.165, 1.54) is 11.8 Å². The lowest BCUT2D eigenvalue weighted by Gasteiger charge is -2.20. The van der Waals surface area contributed by atoms with E-state index in [2.05, 4.69) is 15.5 Å². The van der Waals surface area contributed by atoms with Gasteiger partial charge in [-0.3, -0.25) is 9.88 Å². The van der Waals surface area contributed by atoms with Crippen molar-refractivity contribution < 1.29 is 9.53 Å². The molecule has 1 aromatic heterocycles. The van der Waals surface area contributed by atoms with Crippen molar-refractivity contribution in [2.24, 2.45) is 0 Å². The van der Waals surface area contributed by atoms with Crippen LogP contribution in [-0.4, -0.2) is 26.5 Å². The topological polar surface area (TPSA) is 115 Å². The van der Waals surface area contributed by atoms with Gasteiger partial charge < -0.3 is 10.5 Å². The van der Waals surface area contributed by atoms with Crippen LogP contribution in [0.3, 0.4) is 0 Å². The largest absolute Gasteiger partial charge is 0.444 e. The van der Waals surface area contributed by atoms with Crippen LogP contribution in [-0.2, 0) is 11.3 Å². The van der Waals surface area contributed by atoms with E-state index in [0.717, 1.165) is 6.42 Å². The molecule has 1 heterocycles. The van der Waals surface area contributed by atoms with Gasteiger partial charge in [0.25, 0.3) is 0 Å². The Hall–Kier alpha value is -2.42. The molecule has 0 aliphatic carbocycles. The summed E-state index contributed by atoms with van der Waals surface area (Å²) in [6.45, 7) is 7.92. The van der Waals surface area contributed by atoms with Crippen LogP contribution in [0, 0.1) is 0 Å². The summed E-state index contributed by atoms with van der Waals surface area (Å²) >= 11 is 1.26. The van der Waals surface area contributed by atoms with E-state index in [9.17, 15) is 9.59 Å². The van der Waals surface area contributed by atoms with Crippen LogP contribution in [0.15, 0.2) is 33.0 Å². The highest BCUT2D eigenvalue weighted by atomic mass is 32.2. The fraction of sp³-hybridized carbons (Fsp3) is 0.438. The standard InChI is InChI=1S/C16H23N5O3S/c1-5-8-21-13(22)19-20-14(21)25-12-9-10(6-7-11(12)17)18-15(23)24-16(2,3)4/h6-7,9H,5,8,17H2,1-4H3,(H,18,23)(H,19,22). The van der Waals surface area contributed by atoms with Gasteiger partial charge in [-0.15, -0.1) is 5.10 Å². The van der Waals surface area contributed by atoms with Crippen molar-refractivity contribution in [1.29, 1.82) is 0 Å². The Labute approximate surface area is 150 Å². The minimum atomic E-state index is -0.583. The summed E-state index contributed by atoms with van der Waals surface area (Å²) in [7, 11) is 0. The summed E-state index contributed by atoms with van der Waals surface area (Å²) in [5, 5.41) is 9.66. The van der Waals surface area contributed by atoms with E-state index in [1.807, 2.05) is 6.92 Å². The fourth-order valence-electron chi connectivity index (χ4n) is 2.02. The predicted octanol–water partition coefficient (Wildman–Crippen LogP) is 3.06. The smallest absolute Gasteiger partial charge is 0.412 e. The van der Waals surface area contributed by atoms with Crippen LogP contribution in [0.2, 0.25) is 0 Å². The molecule has 0 spiro atoms. The number of H-pyrrole nitrogens is 1. The average molecular weight is 365 g/mol. The maximum Gasteiger partial charge on any atom is 0.412 e. The molecule has 0 aliphatic rings. The molecule has 4 N–H and O–H groups in total. The molecule has 0 saturated carbocycles. The Bertz CT molecular complexity index is 807. The number of aromatic nitrogens is 3. The number of nitrogens with two attached hydrogens (primary N) is 1. The third-order valence-electron chi connectivity index (χ3n) is 3.03. The number of benzene rings is 1. The average Bonchev–Trinajstić information content (AvgIpc) is 2.82. The molecule has 2 aromatic rings. The first-order valence-electron chi connectivity index (χ1n) is 7.92. The van der Waals surface area contributed by atoms with Crippen molar-refractivity contribution in [3.05, 3.63) is 28.7 Å². The van der Waals surface area contributed by atoms with E-state index < -0.39 is 11.7 Å². The summed E-state index contributed by atoms with van der Waals surface area (Å²) in [5.74, 6) is 0. The van der Waals surface area contributed by atoms with Crippen LogP contribution in [0.4, 0.5) is 16.2 Å². The highest BCUT2D eigenvalue weighted by Crippen LogP contribution is 2.32. The quantitative estimate of drug-likeness (QED) is 0.702. The van der Waals surface area contributed by atoms with Crippen molar-refractivity contribution in [1.82, 2.24) is 14.8 Å². The molecule has 0 aliphatic heterocycles. The Morgan fingerprint density at radius 2 is 2.16 bits per heavy atom. The van der Waals surface area contributed by atoms with Crippen LogP contribution < -0.4 is 16.7 Å². The number of aromatic amines is 1. The van der Waals surface area contributed by atoms with E-state index in [-0.39, 0.29) is 5.69 Å². The zero-order valence-corrected chi connectivity index (χ0v) is 15.6. The summed E-state index contributed by atoms with van der Waals surface area (Å²) < 4.78 is 6.79. The molecule has 9 heteroatoms. The minimum Gasteiger partial charge on any atom is -0.444 e.